The van der Waals surface area contributed by atoms with E-state index in [0.29, 0.717) is 43.2 Å². The van der Waals surface area contributed by atoms with E-state index in [0.717, 1.165) is 11.3 Å². The molecule has 1 saturated heterocycles. The second-order valence-corrected chi connectivity index (χ2v) is 11.2. The third-order valence-corrected chi connectivity index (χ3v) is 7.91. The predicted molar refractivity (Wildman–Crippen MR) is 115 cm³/mol. The maximum absolute atomic E-state index is 12.7. The van der Waals surface area contributed by atoms with Gasteiger partial charge in [0.05, 0.1) is 43.6 Å². The summed E-state index contributed by atoms with van der Waals surface area (Å²) in [5.74, 6) is 0.0518. The highest BCUT2D eigenvalue weighted by Gasteiger charge is 2.44. The molecule has 0 bridgehead atoms. The number of fused-ring (bicyclic) bond motifs is 1. The minimum Gasteiger partial charge on any atom is -0.365 e. The summed E-state index contributed by atoms with van der Waals surface area (Å²) < 4.78 is 34.5. The molecule has 31 heavy (non-hydrogen) atoms. The van der Waals surface area contributed by atoms with Crippen LogP contribution >= 0.6 is 11.6 Å². The highest BCUT2D eigenvalue weighted by Crippen LogP contribution is 2.33. The average Bonchev–Trinajstić information content (AvgIpc) is 3.32. The zero-order chi connectivity index (χ0) is 22.2. The Morgan fingerprint density at radius 1 is 1.29 bits per heavy atom. The lowest BCUT2D eigenvalue weighted by Crippen LogP contribution is -2.45. The largest absolute Gasteiger partial charge is 0.365 e. The molecule has 1 unspecified atom stereocenters. The number of rotatable bonds is 6. The van der Waals surface area contributed by atoms with Crippen molar-refractivity contribution >= 4 is 27.5 Å². The molecule has 0 aliphatic carbocycles. The molecular formula is C20H26ClN5O4S. The number of hydrogen-bond acceptors (Lipinski definition) is 6. The second-order valence-electron chi connectivity index (χ2n) is 8.40. The number of nitrogens with one attached hydrogen (secondary N) is 1. The van der Waals surface area contributed by atoms with Crippen molar-refractivity contribution in [3.8, 4) is 0 Å². The number of nitrogens with zero attached hydrogens (tertiary/aromatic N) is 4. The number of amides is 1. The van der Waals surface area contributed by atoms with E-state index in [4.69, 9.17) is 16.3 Å². The van der Waals surface area contributed by atoms with Crippen molar-refractivity contribution in [1.29, 1.82) is 0 Å². The molecule has 168 valence electrons. The van der Waals surface area contributed by atoms with E-state index < -0.39 is 20.9 Å². The van der Waals surface area contributed by atoms with Crippen molar-refractivity contribution in [2.24, 2.45) is 0 Å². The Labute approximate surface area is 186 Å². The first-order valence-electron chi connectivity index (χ1n) is 10.2. The fraction of sp³-hybridized carbons (Fsp3) is 0.550. The summed E-state index contributed by atoms with van der Waals surface area (Å²) in [6.07, 6.45) is 1.04. The van der Waals surface area contributed by atoms with Crippen LogP contribution in [0.2, 0.25) is 5.02 Å². The van der Waals surface area contributed by atoms with E-state index in [1.54, 1.807) is 30.7 Å². The number of likely N-dealkylation sites (tertiary alicyclic amines) is 1. The predicted octanol–water partition coefficient (Wildman–Crippen LogP) is 1.50. The third kappa shape index (κ3) is 4.77. The Morgan fingerprint density at radius 2 is 2.03 bits per heavy atom. The molecule has 1 spiro atoms. The second kappa shape index (κ2) is 8.50. The molecule has 0 saturated carbocycles. The van der Waals surface area contributed by atoms with Crippen molar-refractivity contribution in [2.75, 3.05) is 13.1 Å². The minimum absolute atomic E-state index is 0.0518. The number of hydrogen-bond donors (Lipinski definition) is 1. The van der Waals surface area contributed by atoms with Crippen LogP contribution in [0.5, 0.6) is 0 Å². The van der Waals surface area contributed by atoms with Gasteiger partial charge in [-0.2, -0.15) is 0 Å². The van der Waals surface area contributed by atoms with E-state index in [-0.39, 0.29) is 19.1 Å². The molecule has 1 atom stereocenters. The standard InChI is InChI=1S/C20H26ClN5O4S/c1-14(2)31(28,29)22-10-17-18-11-30-20(13-26(18)24-23-17)7-8-25(12-20)19(27)9-15-3-5-16(21)6-4-15/h3-6,14,22H,7-13H2,1-2H3. The van der Waals surface area contributed by atoms with Gasteiger partial charge in [-0.1, -0.05) is 28.9 Å². The molecule has 2 aliphatic heterocycles. The summed E-state index contributed by atoms with van der Waals surface area (Å²) >= 11 is 5.91. The summed E-state index contributed by atoms with van der Waals surface area (Å²) in [5, 5.41) is 8.47. The molecule has 2 aromatic rings. The smallest absolute Gasteiger partial charge is 0.227 e. The maximum atomic E-state index is 12.7. The first kappa shape index (κ1) is 22.2. The topological polar surface area (TPSA) is 106 Å². The summed E-state index contributed by atoms with van der Waals surface area (Å²) in [6, 6.07) is 7.29. The van der Waals surface area contributed by atoms with E-state index in [9.17, 15) is 13.2 Å². The highest BCUT2D eigenvalue weighted by molar-refractivity contribution is 7.90. The third-order valence-electron chi connectivity index (χ3n) is 5.87. The van der Waals surface area contributed by atoms with Crippen molar-refractivity contribution in [2.45, 2.75) is 57.2 Å². The molecule has 1 N–H and O–H groups in total. The molecule has 4 rings (SSSR count). The summed E-state index contributed by atoms with van der Waals surface area (Å²) in [6.45, 7) is 5.21. The Morgan fingerprint density at radius 3 is 2.74 bits per heavy atom. The Balaban J connectivity index is 1.38. The van der Waals surface area contributed by atoms with Gasteiger partial charge in [-0.15, -0.1) is 5.10 Å². The lowest BCUT2D eigenvalue weighted by molar-refractivity contribution is -0.132. The van der Waals surface area contributed by atoms with Gasteiger partial charge in [0.1, 0.15) is 11.3 Å². The molecule has 1 amide bonds. The van der Waals surface area contributed by atoms with Gasteiger partial charge in [0.25, 0.3) is 0 Å². The fourth-order valence-electron chi connectivity index (χ4n) is 3.86. The maximum Gasteiger partial charge on any atom is 0.227 e. The van der Waals surface area contributed by atoms with Crippen LogP contribution in [0, 0.1) is 0 Å². The highest BCUT2D eigenvalue weighted by atomic mass is 35.5. The number of ether oxygens (including phenoxy) is 1. The molecule has 0 radical (unpaired) electrons. The molecule has 9 nitrogen and oxygen atoms in total. The normalized spacial score (nSPS) is 21.1. The van der Waals surface area contributed by atoms with E-state index in [1.165, 1.54) is 0 Å². The van der Waals surface area contributed by atoms with Gasteiger partial charge < -0.3 is 9.64 Å². The zero-order valence-corrected chi connectivity index (χ0v) is 19.1. The average molecular weight is 468 g/mol. The molecule has 2 aliphatic rings. The first-order valence-corrected chi connectivity index (χ1v) is 12.2. The summed E-state index contributed by atoms with van der Waals surface area (Å²) in [7, 11) is -3.39. The van der Waals surface area contributed by atoms with Gasteiger partial charge in [-0.05, 0) is 38.0 Å². The Bertz CT molecular complexity index is 1070. The van der Waals surface area contributed by atoms with Gasteiger partial charge in [0, 0.05) is 11.6 Å². The van der Waals surface area contributed by atoms with Crippen LogP contribution in [-0.4, -0.2) is 58.2 Å². The van der Waals surface area contributed by atoms with Crippen LogP contribution < -0.4 is 4.72 Å². The van der Waals surface area contributed by atoms with Gasteiger partial charge in [0.15, 0.2) is 0 Å². The molecule has 1 aromatic heterocycles. The monoisotopic (exact) mass is 467 g/mol. The van der Waals surface area contributed by atoms with Gasteiger partial charge in [0.2, 0.25) is 15.9 Å². The number of aromatic nitrogens is 3. The molecule has 3 heterocycles. The van der Waals surface area contributed by atoms with Crippen LogP contribution in [-0.2, 0) is 45.7 Å². The van der Waals surface area contributed by atoms with Gasteiger partial charge in [-0.3, -0.25) is 4.79 Å². The van der Waals surface area contributed by atoms with Gasteiger partial charge >= 0.3 is 0 Å². The Kier molecular flexibility index (Phi) is 6.08. The number of sulfonamides is 1. The van der Waals surface area contributed by atoms with E-state index in [2.05, 4.69) is 15.0 Å². The molecule has 11 heteroatoms. The van der Waals surface area contributed by atoms with Crippen molar-refractivity contribution in [1.82, 2.24) is 24.6 Å². The van der Waals surface area contributed by atoms with Crippen molar-refractivity contribution in [3.63, 3.8) is 0 Å². The van der Waals surface area contributed by atoms with E-state index in [1.807, 2.05) is 17.0 Å². The fourth-order valence-corrected chi connectivity index (χ4v) is 4.66. The minimum atomic E-state index is -3.39. The summed E-state index contributed by atoms with van der Waals surface area (Å²) in [4.78, 5) is 14.6. The molecule has 1 fully saturated rings. The zero-order valence-electron chi connectivity index (χ0n) is 17.5. The number of benzene rings is 1. The Hall–Kier alpha value is -2.01. The quantitative estimate of drug-likeness (QED) is 0.690. The SMILES string of the molecule is CC(C)S(=O)(=O)NCc1nnn2c1COC1(CCN(C(=O)Cc3ccc(Cl)cc3)C1)C2. The lowest BCUT2D eigenvalue weighted by Gasteiger charge is -2.34. The van der Waals surface area contributed by atoms with Crippen LogP contribution in [0.3, 0.4) is 0 Å². The first-order chi connectivity index (χ1) is 14.7. The van der Waals surface area contributed by atoms with Crippen LogP contribution in [0.4, 0.5) is 0 Å². The number of carbonyl (C=O) groups is 1. The van der Waals surface area contributed by atoms with Crippen molar-refractivity contribution in [3.05, 3.63) is 46.2 Å². The van der Waals surface area contributed by atoms with Gasteiger partial charge in [-0.25, -0.2) is 17.8 Å². The molecular weight excluding hydrogens is 442 g/mol. The van der Waals surface area contributed by atoms with E-state index >= 15 is 0 Å². The summed E-state index contributed by atoms with van der Waals surface area (Å²) in [5.41, 5.74) is 1.76. The number of carbonyl (C=O) groups excluding carboxylic acids is 1. The van der Waals surface area contributed by atoms with Crippen LogP contribution in [0.25, 0.3) is 0 Å². The molecule has 1 aromatic carbocycles. The lowest BCUT2D eigenvalue weighted by atomic mass is 10.0. The number of halogens is 1. The van der Waals surface area contributed by atoms with Crippen molar-refractivity contribution < 1.29 is 17.9 Å². The van der Waals surface area contributed by atoms with Crippen LogP contribution in [0.15, 0.2) is 24.3 Å². The van der Waals surface area contributed by atoms with Crippen LogP contribution in [0.1, 0.15) is 37.2 Å².